The summed E-state index contributed by atoms with van der Waals surface area (Å²) in [5.74, 6) is 0. The number of hydrogen-bond donors (Lipinski definition) is 0. The molecule has 0 aliphatic heterocycles. The maximum Gasteiger partial charge on any atom is 0.416 e. The average molecular weight is 395 g/mol. The van der Waals surface area contributed by atoms with Crippen molar-refractivity contribution in [1.29, 1.82) is 0 Å². The minimum atomic E-state index is -4.31. The van der Waals surface area contributed by atoms with Crippen LogP contribution in [0.4, 0.5) is 13.2 Å². The van der Waals surface area contributed by atoms with Gasteiger partial charge in [-0.05, 0) is 42.8 Å². The lowest BCUT2D eigenvalue weighted by Gasteiger charge is -2.16. The highest BCUT2D eigenvalue weighted by Gasteiger charge is 2.31. The van der Waals surface area contributed by atoms with Gasteiger partial charge in [-0.15, -0.1) is 11.3 Å². The number of benzene rings is 1. The summed E-state index contributed by atoms with van der Waals surface area (Å²) in [4.78, 5) is 1.03. The molecule has 2 aromatic rings. The third-order valence-corrected chi connectivity index (χ3v) is 5.29. The van der Waals surface area contributed by atoms with Crippen LogP contribution in [-0.2, 0) is 10.9 Å². The Balaban J connectivity index is 2.43. The maximum atomic E-state index is 12.8. The van der Waals surface area contributed by atoms with Crippen LogP contribution in [0.2, 0.25) is 0 Å². The number of fused-ring (bicyclic) bond motifs is 1. The van der Waals surface area contributed by atoms with Gasteiger partial charge in [0.15, 0.2) is 0 Å². The van der Waals surface area contributed by atoms with Crippen LogP contribution in [0, 0.1) is 6.92 Å². The fraction of sp³-hybridized carbons (Fsp3) is 0.500. The smallest absolute Gasteiger partial charge is 0.373 e. The number of ether oxygens (including phenoxy) is 1. The van der Waals surface area contributed by atoms with E-state index in [4.69, 9.17) is 4.74 Å². The van der Waals surface area contributed by atoms with E-state index in [1.807, 2.05) is 13.8 Å². The zero-order valence-corrected chi connectivity index (χ0v) is 14.9. The van der Waals surface area contributed by atoms with Gasteiger partial charge < -0.3 is 4.74 Å². The summed E-state index contributed by atoms with van der Waals surface area (Å²) in [5, 5.41) is 1.68. The zero-order chi connectivity index (χ0) is 16.3. The monoisotopic (exact) mass is 394 g/mol. The fourth-order valence-corrected chi connectivity index (χ4v) is 4.13. The molecule has 0 bridgehead atoms. The normalized spacial score (nSPS) is 13.7. The second-order valence-corrected chi connectivity index (χ2v) is 7.01. The van der Waals surface area contributed by atoms with E-state index in [2.05, 4.69) is 15.9 Å². The number of hydrogen-bond acceptors (Lipinski definition) is 2. The molecule has 0 radical (unpaired) electrons. The number of thiophene rings is 1. The predicted molar refractivity (Wildman–Crippen MR) is 89.0 cm³/mol. The molecule has 0 aliphatic rings. The maximum absolute atomic E-state index is 12.8. The number of alkyl halides is 4. The first-order valence-corrected chi connectivity index (χ1v) is 9.10. The van der Waals surface area contributed by atoms with E-state index in [1.165, 1.54) is 17.4 Å². The Hall–Kier alpha value is -0.590. The molecule has 6 heteroatoms. The Labute approximate surface area is 140 Å². The van der Waals surface area contributed by atoms with Crippen LogP contribution in [0.1, 0.15) is 41.9 Å². The topological polar surface area (TPSA) is 9.23 Å². The molecule has 0 amide bonds. The van der Waals surface area contributed by atoms with Gasteiger partial charge in [0.05, 0.1) is 11.7 Å². The molecule has 1 heterocycles. The van der Waals surface area contributed by atoms with Crippen molar-refractivity contribution in [3.8, 4) is 0 Å². The van der Waals surface area contributed by atoms with Gasteiger partial charge in [0.1, 0.15) is 0 Å². The van der Waals surface area contributed by atoms with Gasteiger partial charge in [0.2, 0.25) is 0 Å². The third-order valence-electron chi connectivity index (χ3n) is 3.49. The van der Waals surface area contributed by atoms with Gasteiger partial charge in [-0.2, -0.15) is 13.2 Å². The van der Waals surface area contributed by atoms with E-state index in [0.29, 0.717) is 11.3 Å². The first-order valence-electron chi connectivity index (χ1n) is 7.16. The molecule has 2 rings (SSSR count). The van der Waals surface area contributed by atoms with Crippen molar-refractivity contribution >= 4 is 37.4 Å². The van der Waals surface area contributed by atoms with E-state index in [-0.39, 0.29) is 6.10 Å². The van der Waals surface area contributed by atoms with Crippen LogP contribution in [0.3, 0.4) is 0 Å². The quantitative estimate of drug-likeness (QED) is 0.509. The summed E-state index contributed by atoms with van der Waals surface area (Å²) >= 11 is 4.83. The second-order valence-electron chi connectivity index (χ2n) is 5.14. The molecule has 1 aromatic heterocycles. The van der Waals surface area contributed by atoms with E-state index in [1.54, 1.807) is 6.07 Å². The lowest BCUT2D eigenvalue weighted by atomic mass is 10.1. The molecule has 0 aliphatic carbocycles. The van der Waals surface area contributed by atoms with Crippen molar-refractivity contribution in [2.75, 3.05) is 11.9 Å². The lowest BCUT2D eigenvalue weighted by Crippen LogP contribution is -2.05. The van der Waals surface area contributed by atoms with Gasteiger partial charge in [-0.25, -0.2) is 0 Å². The molecule has 1 aromatic carbocycles. The number of halogens is 4. The average Bonchev–Trinajstić information content (AvgIpc) is 2.79. The van der Waals surface area contributed by atoms with Crippen LogP contribution in [0.25, 0.3) is 10.1 Å². The molecule has 0 fully saturated rings. The standard InChI is InChI=1S/C16H18BrF3OS/c1-3-8-21-13(6-7-17)15-10(2)12-5-4-11(16(18,19)20)9-14(12)22-15/h4-5,9,13H,3,6-8H2,1-2H3. The van der Waals surface area contributed by atoms with Crippen molar-refractivity contribution in [3.05, 3.63) is 34.2 Å². The van der Waals surface area contributed by atoms with Gasteiger partial charge in [-0.1, -0.05) is 28.9 Å². The lowest BCUT2D eigenvalue weighted by molar-refractivity contribution is -0.137. The van der Waals surface area contributed by atoms with Crippen LogP contribution in [0.5, 0.6) is 0 Å². The van der Waals surface area contributed by atoms with Crippen LogP contribution in [-0.4, -0.2) is 11.9 Å². The van der Waals surface area contributed by atoms with Crippen molar-refractivity contribution in [1.82, 2.24) is 0 Å². The van der Waals surface area contributed by atoms with E-state index >= 15 is 0 Å². The van der Waals surface area contributed by atoms with Crippen molar-refractivity contribution in [2.24, 2.45) is 0 Å². The Morgan fingerprint density at radius 2 is 2.05 bits per heavy atom. The second kappa shape index (κ2) is 7.32. The molecule has 0 spiro atoms. The summed E-state index contributed by atoms with van der Waals surface area (Å²) < 4.78 is 45.1. The predicted octanol–water partition coefficient (Wildman–Crippen LogP) is 6.48. The van der Waals surface area contributed by atoms with Crippen LogP contribution < -0.4 is 0 Å². The van der Waals surface area contributed by atoms with E-state index in [0.717, 1.165) is 40.1 Å². The number of aryl methyl sites for hydroxylation is 1. The first kappa shape index (κ1) is 17.8. The zero-order valence-electron chi connectivity index (χ0n) is 12.5. The molecule has 0 N–H and O–H groups in total. The van der Waals surface area contributed by atoms with E-state index < -0.39 is 11.7 Å². The summed E-state index contributed by atoms with van der Waals surface area (Å²) in [6.07, 6.45) is -2.65. The van der Waals surface area contributed by atoms with Gasteiger partial charge in [0.25, 0.3) is 0 Å². The van der Waals surface area contributed by atoms with Gasteiger partial charge in [0, 0.05) is 21.5 Å². The highest BCUT2D eigenvalue weighted by molar-refractivity contribution is 9.09. The van der Waals surface area contributed by atoms with Crippen LogP contribution in [0.15, 0.2) is 18.2 Å². The summed E-state index contributed by atoms with van der Waals surface area (Å²) in [7, 11) is 0. The first-order chi connectivity index (χ1) is 10.4. The summed E-state index contributed by atoms with van der Waals surface area (Å²) in [6, 6.07) is 3.96. The highest BCUT2D eigenvalue weighted by atomic mass is 79.9. The van der Waals surface area contributed by atoms with Crippen LogP contribution >= 0.6 is 27.3 Å². The minimum Gasteiger partial charge on any atom is -0.373 e. The van der Waals surface area contributed by atoms with Gasteiger partial charge in [-0.3, -0.25) is 0 Å². The van der Waals surface area contributed by atoms with E-state index in [9.17, 15) is 13.2 Å². The Morgan fingerprint density at radius 3 is 2.64 bits per heavy atom. The summed E-state index contributed by atoms with van der Waals surface area (Å²) in [5.41, 5.74) is 0.426. The Bertz CT molecular complexity index is 636. The minimum absolute atomic E-state index is 0.0638. The fourth-order valence-electron chi connectivity index (χ4n) is 2.38. The van der Waals surface area contributed by atoms with Crippen molar-refractivity contribution in [2.45, 2.75) is 39.0 Å². The summed E-state index contributed by atoms with van der Waals surface area (Å²) in [6.45, 7) is 4.65. The largest absolute Gasteiger partial charge is 0.416 e. The number of rotatable bonds is 6. The van der Waals surface area contributed by atoms with Crippen molar-refractivity contribution in [3.63, 3.8) is 0 Å². The Morgan fingerprint density at radius 1 is 1.32 bits per heavy atom. The molecular weight excluding hydrogens is 377 g/mol. The molecule has 22 heavy (non-hydrogen) atoms. The van der Waals surface area contributed by atoms with Crippen molar-refractivity contribution < 1.29 is 17.9 Å². The SMILES string of the molecule is CCCOC(CCBr)c1sc2cc(C(F)(F)F)ccc2c1C. The molecule has 1 atom stereocenters. The molecule has 0 saturated carbocycles. The molecule has 1 unspecified atom stereocenters. The van der Waals surface area contributed by atoms with Gasteiger partial charge >= 0.3 is 6.18 Å². The highest BCUT2D eigenvalue weighted by Crippen LogP contribution is 2.40. The Kier molecular flexibility index (Phi) is 5.91. The molecule has 0 saturated heterocycles. The molecule has 122 valence electrons. The molecule has 1 nitrogen and oxygen atoms in total. The third kappa shape index (κ3) is 3.84. The molecular formula is C16H18BrF3OS.